The zero-order valence-corrected chi connectivity index (χ0v) is 11.7. The molecule has 5 heteroatoms. The largest absolute Gasteiger partial charge is 0.446 e. The predicted octanol–water partition coefficient (Wildman–Crippen LogP) is 1.51. The Hall–Kier alpha value is -0.320. The Morgan fingerprint density at radius 2 is 2.25 bits per heavy atom. The molecule has 0 bridgehead atoms. The Bertz CT molecular complexity index is 308. The summed E-state index contributed by atoms with van der Waals surface area (Å²) in [5.74, 6) is 1.33. The van der Waals surface area contributed by atoms with Gasteiger partial charge in [0.25, 0.3) is 0 Å². The van der Waals surface area contributed by atoms with Crippen LogP contribution in [0.5, 0.6) is 0 Å². The number of hydrogen-bond donors (Lipinski definition) is 0. The van der Waals surface area contributed by atoms with E-state index in [2.05, 4.69) is 28.5 Å². The van der Waals surface area contributed by atoms with Crippen LogP contribution in [0.4, 0.5) is 0 Å². The second-order valence-corrected chi connectivity index (χ2v) is 4.87. The summed E-state index contributed by atoms with van der Waals surface area (Å²) in [5, 5.41) is 0. The molecule has 16 heavy (non-hydrogen) atoms. The lowest BCUT2D eigenvalue weighted by Crippen LogP contribution is -2.38. The number of carbonyl (C=O) groups excluding carboxylic acids is 1. The van der Waals surface area contributed by atoms with Gasteiger partial charge in [0.05, 0.1) is 0 Å². The molecule has 1 aliphatic heterocycles. The molecule has 0 aliphatic carbocycles. The van der Waals surface area contributed by atoms with Crippen molar-refractivity contribution < 1.29 is 19.0 Å². The highest BCUT2D eigenvalue weighted by atomic mass is 127. The third-order valence-corrected chi connectivity index (χ3v) is 3.00. The SMILES string of the molecule is C#CC(OC(C)=O)[C@@H]1OC(C)(C)O[C@H]1CI. The summed E-state index contributed by atoms with van der Waals surface area (Å²) in [6, 6.07) is 0. The minimum atomic E-state index is -0.695. The third kappa shape index (κ3) is 3.34. The monoisotopic (exact) mass is 338 g/mol. The van der Waals surface area contributed by atoms with Gasteiger partial charge in [-0.3, -0.25) is 4.79 Å². The van der Waals surface area contributed by atoms with Crippen molar-refractivity contribution in [3.8, 4) is 12.3 Å². The zero-order chi connectivity index (χ0) is 12.3. The number of halogens is 1. The Morgan fingerprint density at radius 3 is 2.69 bits per heavy atom. The number of alkyl halides is 1. The van der Waals surface area contributed by atoms with Crippen LogP contribution >= 0.6 is 22.6 Å². The van der Waals surface area contributed by atoms with Gasteiger partial charge in [0.1, 0.15) is 12.2 Å². The van der Waals surface area contributed by atoms with Crippen molar-refractivity contribution in [1.82, 2.24) is 0 Å². The average Bonchev–Trinajstić information content (AvgIpc) is 2.49. The Balaban J connectivity index is 2.77. The summed E-state index contributed by atoms with van der Waals surface area (Å²) in [7, 11) is 0. The van der Waals surface area contributed by atoms with Gasteiger partial charge in [-0.05, 0) is 13.8 Å². The molecule has 1 heterocycles. The number of hydrogen-bond acceptors (Lipinski definition) is 4. The van der Waals surface area contributed by atoms with Gasteiger partial charge < -0.3 is 14.2 Å². The first-order valence-corrected chi connectivity index (χ1v) is 6.47. The van der Waals surface area contributed by atoms with Crippen molar-refractivity contribution in [3.63, 3.8) is 0 Å². The molecular formula is C11H15IO4. The Labute approximate surface area is 109 Å². The van der Waals surface area contributed by atoms with Crippen LogP contribution in [0.25, 0.3) is 0 Å². The smallest absolute Gasteiger partial charge is 0.303 e. The van der Waals surface area contributed by atoms with Crippen LogP contribution in [-0.4, -0.2) is 34.5 Å². The van der Waals surface area contributed by atoms with E-state index >= 15 is 0 Å². The molecule has 4 nitrogen and oxygen atoms in total. The van der Waals surface area contributed by atoms with E-state index in [0.29, 0.717) is 0 Å². The van der Waals surface area contributed by atoms with E-state index in [1.807, 2.05) is 13.8 Å². The first-order chi connectivity index (χ1) is 7.39. The van der Waals surface area contributed by atoms with Crippen molar-refractivity contribution in [1.29, 1.82) is 0 Å². The van der Waals surface area contributed by atoms with E-state index in [9.17, 15) is 4.79 Å². The van der Waals surface area contributed by atoms with Crippen LogP contribution in [0.2, 0.25) is 0 Å². The minimum Gasteiger partial charge on any atom is -0.446 e. The maximum absolute atomic E-state index is 10.9. The second-order valence-electron chi connectivity index (χ2n) is 3.99. The maximum Gasteiger partial charge on any atom is 0.303 e. The van der Waals surface area contributed by atoms with Crippen molar-refractivity contribution >= 4 is 28.6 Å². The summed E-state index contributed by atoms with van der Waals surface area (Å²) < 4.78 is 17.1. The highest BCUT2D eigenvalue weighted by Gasteiger charge is 2.45. The van der Waals surface area contributed by atoms with E-state index < -0.39 is 24.0 Å². The Morgan fingerprint density at radius 1 is 1.62 bits per heavy atom. The van der Waals surface area contributed by atoms with Gasteiger partial charge in [-0.2, -0.15) is 0 Å². The summed E-state index contributed by atoms with van der Waals surface area (Å²) in [4.78, 5) is 10.9. The van der Waals surface area contributed by atoms with E-state index in [0.717, 1.165) is 4.43 Å². The molecule has 1 fully saturated rings. The normalized spacial score (nSPS) is 29.4. The molecule has 0 radical (unpaired) electrons. The molecule has 0 aromatic carbocycles. The van der Waals surface area contributed by atoms with E-state index in [-0.39, 0.29) is 6.10 Å². The molecule has 0 N–H and O–H groups in total. The number of carbonyl (C=O) groups is 1. The lowest BCUT2D eigenvalue weighted by atomic mass is 10.1. The summed E-state index contributed by atoms with van der Waals surface area (Å²) in [6.07, 6.45) is 4.09. The van der Waals surface area contributed by atoms with Gasteiger partial charge >= 0.3 is 5.97 Å². The standard InChI is InChI=1S/C11H15IO4/c1-5-8(14-7(2)13)10-9(6-12)15-11(3,4)16-10/h1,8-10H,6H2,2-4H3/t8?,9-,10-/m0/s1. The molecule has 1 unspecified atom stereocenters. The number of rotatable bonds is 3. The van der Waals surface area contributed by atoms with E-state index in [1.165, 1.54) is 6.92 Å². The van der Waals surface area contributed by atoms with Gasteiger partial charge in [-0.15, -0.1) is 6.42 Å². The second kappa shape index (κ2) is 5.34. The van der Waals surface area contributed by atoms with Crippen molar-refractivity contribution in [2.45, 2.75) is 44.9 Å². The topological polar surface area (TPSA) is 44.8 Å². The van der Waals surface area contributed by atoms with Crippen molar-refractivity contribution in [2.24, 2.45) is 0 Å². The molecule has 1 rings (SSSR count). The summed E-state index contributed by atoms with van der Waals surface area (Å²) >= 11 is 2.19. The Kier molecular flexibility index (Phi) is 4.59. The summed E-state index contributed by atoms with van der Waals surface area (Å²) in [6.45, 7) is 4.95. The average molecular weight is 338 g/mol. The fourth-order valence-corrected chi connectivity index (χ4v) is 2.29. The highest BCUT2D eigenvalue weighted by molar-refractivity contribution is 14.1. The first kappa shape index (κ1) is 13.7. The van der Waals surface area contributed by atoms with Crippen LogP contribution in [0.1, 0.15) is 20.8 Å². The van der Waals surface area contributed by atoms with E-state index in [1.54, 1.807) is 0 Å². The molecule has 90 valence electrons. The van der Waals surface area contributed by atoms with Gasteiger partial charge in [0, 0.05) is 11.4 Å². The zero-order valence-electron chi connectivity index (χ0n) is 9.53. The quantitative estimate of drug-likeness (QED) is 0.339. The lowest BCUT2D eigenvalue weighted by molar-refractivity contribution is -0.164. The van der Waals surface area contributed by atoms with E-state index in [4.69, 9.17) is 20.6 Å². The number of esters is 1. The van der Waals surface area contributed by atoms with Crippen LogP contribution in [0.15, 0.2) is 0 Å². The molecule has 0 aromatic heterocycles. The maximum atomic E-state index is 10.9. The van der Waals surface area contributed by atoms with Crippen LogP contribution in [0.3, 0.4) is 0 Å². The molecular weight excluding hydrogens is 323 g/mol. The number of ether oxygens (including phenoxy) is 3. The fourth-order valence-electron chi connectivity index (χ4n) is 1.61. The molecule has 1 saturated heterocycles. The molecule has 0 amide bonds. The van der Waals surface area contributed by atoms with Crippen LogP contribution in [-0.2, 0) is 19.0 Å². The molecule has 0 aromatic rings. The van der Waals surface area contributed by atoms with Crippen LogP contribution in [0, 0.1) is 12.3 Å². The van der Waals surface area contributed by atoms with Crippen LogP contribution < -0.4 is 0 Å². The number of terminal acetylenes is 1. The first-order valence-electron chi connectivity index (χ1n) is 4.94. The fraction of sp³-hybridized carbons (Fsp3) is 0.727. The van der Waals surface area contributed by atoms with Gasteiger partial charge in [0.15, 0.2) is 11.9 Å². The van der Waals surface area contributed by atoms with Gasteiger partial charge in [-0.25, -0.2) is 0 Å². The molecule has 0 saturated carbocycles. The van der Waals surface area contributed by atoms with Gasteiger partial charge in [0.2, 0.25) is 0 Å². The van der Waals surface area contributed by atoms with Crippen molar-refractivity contribution in [3.05, 3.63) is 0 Å². The lowest BCUT2D eigenvalue weighted by Gasteiger charge is -2.21. The molecule has 3 atom stereocenters. The molecule has 0 spiro atoms. The third-order valence-electron chi connectivity index (χ3n) is 2.13. The highest BCUT2D eigenvalue weighted by Crippen LogP contribution is 2.31. The summed E-state index contributed by atoms with van der Waals surface area (Å²) in [5.41, 5.74) is 0. The predicted molar refractivity (Wildman–Crippen MR) is 67.1 cm³/mol. The minimum absolute atomic E-state index is 0.156. The van der Waals surface area contributed by atoms with Crippen molar-refractivity contribution in [2.75, 3.05) is 4.43 Å². The van der Waals surface area contributed by atoms with Gasteiger partial charge in [-0.1, -0.05) is 28.5 Å². The molecule has 1 aliphatic rings.